The summed E-state index contributed by atoms with van der Waals surface area (Å²) in [7, 11) is 3.65. The molecule has 1 N–H and O–H groups in total. The molecule has 1 aliphatic rings. The number of carbonyl (C=O) groups is 1. The lowest BCUT2D eigenvalue weighted by atomic mass is 10.0. The van der Waals surface area contributed by atoms with Crippen molar-refractivity contribution in [3.05, 3.63) is 7.05 Å². The maximum atomic E-state index is 10.5. The molecule has 0 bridgehead atoms. The molecule has 1 saturated heterocycles. The maximum absolute atomic E-state index is 10.5. The van der Waals surface area contributed by atoms with E-state index in [0.717, 1.165) is 25.8 Å². The summed E-state index contributed by atoms with van der Waals surface area (Å²) in [6.45, 7) is 0.816. The van der Waals surface area contributed by atoms with E-state index in [9.17, 15) is 4.79 Å². The highest BCUT2D eigenvalue weighted by molar-refractivity contribution is 5.73. The third kappa shape index (κ3) is 1.48. The van der Waals surface area contributed by atoms with Crippen LogP contribution in [0.1, 0.15) is 19.3 Å². The molecule has 1 rings (SSSR count). The second kappa shape index (κ2) is 3.01. The van der Waals surface area contributed by atoms with E-state index in [1.54, 1.807) is 4.90 Å². The first-order chi connectivity index (χ1) is 4.72. The first kappa shape index (κ1) is 7.54. The average Bonchev–Trinajstić information content (AvgIpc) is 1.88. The first-order valence-corrected chi connectivity index (χ1v) is 3.52. The van der Waals surface area contributed by atoms with Gasteiger partial charge in [0.15, 0.2) is 0 Å². The Morgan fingerprint density at radius 1 is 1.60 bits per heavy atom. The van der Waals surface area contributed by atoms with Gasteiger partial charge < -0.3 is 5.11 Å². The molecular weight excluding hydrogens is 130 g/mol. The standard InChI is InChI=1S/C7H12NO2/c1-8-5-3-2-4-6(8)7(9)10/h6H,1-5H2,(H,9,10)/t6-/m1/s1. The third-order valence-corrected chi connectivity index (χ3v) is 1.90. The summed E-state index contributed by atoms with van der Waals surface area (Å²) in [5, 5.41) is 8.63. The Hall–Kier alpha value is -0.570. The number of aliphatic carboxylic acids is 1. The predicted molar refractivity (Wildman–Crippen MR) is 37.3 cm³/mol. The molecule has 0 aromatic heterocycles. The Balaban J connectivity index is 2.47. The molecule has 1 fully saturated rings. The molecule has 0 aromatic carbocycles. The van der Waals surface area contributed by atoms with Crippen molar-refractivity contribution in [3.8, 4) is 0 Å². The zero-order valence-corrected chi connectivity index (χ0v) is 5.92. The summed E-state index contributed by atoms with van der Waals surface area (Å²) >= 11 is 0. The fraction of sp³-hybridized carbons (Fsp3) is 0.714. The van der Waals surface area contributed by atoms with Gasteiger partial charge in [-0.3, -0.25) is 9.69 Å². The summed E-state index contributed by atoms with van der Waals surface area (Å²) in [5.74, 6) is -0.741. The summed E-state index contributed by atoms with van der Waals surface area (Å²) in [4.78, 5) is 12.1. The number of carboxylic acid groups (broad SMARTS) is 1. The molecular formula is C7H12NO2. The summed E-state index contributed by atoms with van der Waals surface area (Å²) < 4.78 is 0. The average molecular weight is 142 g/mol. The highest BCUT2D eigenvalue weighted by Crippen LogP contribution is 2.15. The van der Waals surface area contributed by atoms with Crippen LogP contribution in [0, 0.1) is 7.05 Å². The molecule has 0 aromatic rings. The number of carboxylic acids is 1. The van der Waals surface area contributed by atoms with Crippen LogP contribution >= 0.6 is 0 Å². The molecule has 3 nitrogen and oxygen atoms in total. The number of hydrogen-bond acceptors (Lipinski definition) is 2. The second-order valence-electron chi connectivity index (χ2n) is 2.66. The van der Waals surface area contributed by atoms with Gasteiger partial charge in [0.1, 0.15) is 6.04 Å². The summed E-state index contributed by atoms with van der Waals surface area (Å²) in [6.07, 6.45) is 2.84. The largest absolute Gasteiger partial charge is 0.480 e. The van der Waals surface area contributed by atoms with Crippen LogP contribution in [0.5, 0.6) is 0 Å². The topological polar surface area (TPSA) is 40.5 Å². The molecule has 0 aliphatic carbocycles. The zero-order valence-electron chi connectivity index (χ0n) is 5.92. The second-order valence-corrected chi connectivity index (χ2v) is 2.66. The fourth-order valence-electron chi connectivity index (χ4n) is 1.27. The van der Waals surface area contributed by atoms with Gasteiger partial charge in [-0.05, 0) is 19.4 Å². The Morgan fingerprint density at radius 3 is 2.70 bits per heavy atom. The lowest BCUT2D eigenvalue weighted by Crippen LogP contribution is -2.40. The normalized spacial score (nSPS) is 28.3. The van der Waals surface area contributed by atoms with Crippen LogP contribution in [0.25, 0.3) is 0 Å². The van der Waals surface area contributed by atoms with Gasteiger partial charge in [-0.2, -0.15) is 0 Å². The molecule has 0 unspecified atom stereocenters. The van der Waals surface area contributed by atoms with Crippen LogP contribution in [-0.4, -0.2) is 28.6 Å². The number of piperidine rings is 1. The van der Waals surface area contributed by atoms with E-state index in [2.05, 4.69) is 7.05 Å². The van der Waals surface area contributed by atoms with Crippen LogP contribution in [0.2, 0.25) is 0 Å². The van der Waals surface area contributed by atoms with Gasteiger partial charge in [0.25, 0.3) is 0 Å². The Labute approximate surface area is 60.6 Å². The van der Waals surface area contributed by atoms with Crippen molar-refractivity contribution >= 4 is 5.97 Å². The van der Waals surface area contributed by atoms with Crippen molar-refractivity contribution in [1.29, 1.82) is 0 Å². The Kier molecular flexibility index (Phi) is 2.27. The minimum absolute atomic E-state index is 0.339. The number of likely N-dealkylation sites (tertiary alicyclic amines) is 1. The summed E-state index contributed by atoms with van der Waals surface area (Å²) in [5.41, 5.74) is 0. The van der Waals surface area contributed by atoms with Gasteiger partial charge in [-0.15, -0.1) is 0 Å². The zero-order chi connectivity index (χ0) is 7.56. The van der Waals surface area contributed by atoms with E-state index in [-0.39, 0.29) is 6.04 Å². The molecule has 1 radical (unpaired) electrons. The molecule has 0 saturated carbocycles. The van der Waals surface area contributed by atoms with Crippen molar-refractivity contribution in [3.63, 3.8) is 0 Å². The van der Waals surface area contributed by atoms with Gasteiger partial charge in [-0.25, -0.2) is 0 Å². The quantitative estimate of drug-likeness (QED) is 0.586. The molecule has 0 spiro atoms. The van der Waals surface area contributed by atoms with E-state index in [4.69, 9.17) is 5.11 Å². The maximum Gasteiger partial charge on any atom is 0.320 e. The third-order valence-electron chi connectivity index (χ3n) is 1.90. The SMILES string of the molecule is [CH2]N1CCCC[C@@H]1C(=O)O. The van der Waals surface area contributed by atoms with Crippen LogP contribution in [0.15, 0.2) is 0 Å². The van der Waals surface area contributed by atoms with E-state index in [0.29, 0.717) is 0 Å². The smallest absolute Gasteiger partial charge is 0.320 e. The van der Waals surface area contributed by atoms with Gasteiger partial charge >= 0.3 is 5.97 Å². The van der Waals surface area contributed by atoms with Crippen molar-refractivity contribution in [2.45, 2.75) is 25.3 Å². The lowest BCUT2D eigenvalue weighted by molar-refractivity contribution is -0.143. The molecule has 1 atom stereocenters. The Morgan fingerprint density at radius 2 is 2.30 bits per heavy atom. The van der Waals surface area contributed by atoms with Crippen LogP contribution < -0.4 is 0 Å². The van der Waals surface area contributed by atoms with Crippen molar-refractivity contribution in [1.82, 2.24) is 4.90 Å². The molecule has 1 aliphatic heterocycles. The van der Waals surface area contributed by atoms with Crippen molar-refractivity contribution in [2.24, 2.45) is 0 Å². The summed E-state index contributed by atoms with van der Waals surface area (Å²) in [6, 6.07) is -0.339. The Bertz CT molecular complexity index is 136. The molecule has 0 amide bonds. The molecule has 57 valence electrons. The van der Waals surface area contributed by atoms with E-state index in [1.165, 1.54) is 0 Å². The van der Waals surface area contributed by atoms with Gasteiger partial charge in [0.05, 0.1) is 0 Å². The molecule has 3 heteroatoms. The number of hydrogen-bond donors (Lipinski definition) is 1. The van der Waals surface area contributed by atoms with Crippen molar-refractivity contribution < 1.29 is 9.90 Å². The van der Waals surface area contributed by atoms with Gasteiger partial charge in [0, 0.05) is 7.05 Å². The lowest BCUT2D eigenvalue weighted by Gasteiger charge is -2.28. The highest BCUT2D eigenvalue weighted by atomic mass is 16.4. The van der Waals surface area contributed by atoms with E-state index >= 15 is 0 Å². The molecule has 1 heterocycles. The minimum atomic E-state index is -0.741. The number of rotatable bonds is 1. The van der Waals surface area contributed by atoms with Gasteiger partial charge in [0.2, 0.25) is 0 Å². The van der Waals surface area contributed by atoms with Gasteiger partial charge in [-0.1, -0.05) is 6.42 Å². The first-order valence-electron chi connectivity index (χ1n) is 3.52. The highest BCUT2D eigenvalue weighted by Gasteiger charge is 2.24. The van der Waals surface area contributed by atoms with E-state index in [1.807, 2.05) is 0 Å². The molecule has 10 heavy (non-hydrogen) atoms. The fourth-order valence-corrected chi connectivity index (χ4v) is 1.27. The van der Waals surface area contributed by atoms with Crippen molar-refractivity contribution in [2.75, 3.05) is 6.54 Å². The predicted octanol–water partition coefficient (Wildman–Crippen LogP) is 0.717. The van der Waals surface area contributed by atoms with E-state index < -0.39 is 5.97 Å². The number of nitrogens with zero attached hydrogens (tertiary/aromatic N) is 1. The van der Waals surface area contributed by atoms with Crippen LogP contribution in [0.3, 0.4) is 0 Å². The minimum Gasteiger partial charge on any atom is -0.480 e. The van der Waals surface area contributed by atoms with Crippen LogP contribution in [0.4, 0.5) is 0 Å². The van der Waals surface area contributed by atoms with Crippen LogP contribution in [-0.2, 0) is 4.79 Å². The monoisotopic (exact) mass is 142 g/mol.